The number of benzene rings is 3. The summed E-state index contributed by atoms with van der Waals surface area (Å²) in [6.45, 7) is 25.5. The minimum atomic E-state index is -0.149. The number of unbranched alkanes of at least 4 members (excludes halogenated alkanes) is 36. The van der Waals surface area contributed by atoms with E-state index in [1.54, 1.807) is 22.7 Å². The number of Topliss-reactive ketones (excluding diaryl/α,β-unsaturated/α-hetero) is 2. The Bertz CT molecular complexity index is 4520. The van der Waals surface area contributed by atoms with E-state index >= 15 is 0 Å². The quantitative estimate of drug-likeness (QED) is 0.0164. The second kappa shape index (κ2) is 45.7. The Morgan fingerprint density at radius 3 is 0.946 bits per heavy atom. The number of hydrogen-bond donors (Lipinski definition) is 0. The summed E-state index contributed by atoms with van der Waals surface area (Å²) < 4.78 is 2.57. The molecule has 0 aliphatic heterocycles. The fourth-order valence-corrected chi connectivity index (χ4v) is 24.2. The third-order valence-electron chi connectivity index (χ3n) is 22.9. The average molecular weight is 1600 g/mol. The van der Waals surface area contributed by atoms with Crippen LogP contribution in [0.2, 0.25) is 0 Å². The van der Waals surface area contributed by atoms with Crippen molar-refractivity contribution < 1.29 is 9.59 Å². The van der Waals surface area contributed by atoms with Crippen molar-refractivity contribution in [3.8, 4) is 52.5 Å². The first-order valence-corrected chi connectivity index (χ1v) is 48.3. The summed E-state index contributed by atoms with van der Waals surface area (Å²) in [5.74, 6) is -0.297. The molecule has 0 spiro atoms. The Hall–Kier alpha value is -7.36. The fourth-order valence-electron chi connectivity index (χ4n) is 16.7. The van der Waals surface area contributed by atoms with Gasteiger partial charge in [-0.3, -0.25) is 9.59 Å². The van der Waals surface area contributed by atoms with E-state index in [9.17, 15) is 20.1 Å². The lowest BCUT2D eigenvalue weighted by Gasteiger charge is -2.09. The molecule has 11 rings (SSSR count). The van der Waals surface area contributed by atoms with Crippen LogP contribution >= 0.6 is 68.0 Å². The van der Waals surface area contributed by atoms with Gasteiger partial charge >= 0.3 is 0 Å². The normalized spacial score (nSPS) is 14.3. The van der Waals surface area contributed by atoms with Crippen LogP contribution in [0.5, 0.6) is 0 Å². The number of hydrogen-bond acceptors (Lipinski definition) is 10. The molecule has 0 radical (unpaired) electrons. The predicted octanol–water partition coefficient (Wildman–Crippen LogP) is 33.8. The Kier molecular flexibility index (Phi) is 34.9. The van der Waals surface area contributed by atoms with Crippen LogP contribution in [0, 0.1) is 35.8 Å². The van der Waals surface area contributed by atoms with Gasteiger partial charge in [-0.05, 0) is 134 Å². The van der Waals surface area contributed by atoms with Crippen molar-refractivity contribution in [2.24, 2.45) is 0 Å². The second-order valence-corrected chi connectivity index (χ2v) is 38.1. The maximum Gasteiger partial charge on any atom is 0.270 e. The molecule has 0 saturated heterocycles. The zero-order valence-electron chi connectivity index (χ0n) is 67.6. The zero-order valence-corrected chi connectivity index (χ0v) is 72.5. The molecule has 0 amide bonds. The lowest BCUT2D eigenvalue weighted by molar-refractivity contribution is 0.103. The second-order valence-electron chi connectivity index (χ2n) is 31.5. The first-order valence-electron chi connectivity index (χ1n) is 43.4. The van der Waals surface area contributed by atoms with Gasteiger partial charge in [0.25, 0.3) is 11.4 Å². The zero-order chi connectivity index (χ0) is 78.2. The monoisotopic (exact) mass is 1600 g/mol. The summed E-state index contributed by atoms with van der Waals surface area (Å²) in [7, 11) is 0. The molecular formula is C100H118N4O2S6. The number of carbonyl (C=O) groups excluding carboxylic acids is 2. The maximum atomic E-state index is 14.6. The molecule has 2 aliphatic carbocycles. The Morgan fingerprint density at radius 1 is 0.348 bits per heavy atom. The van der Waals surface area contributed by atoms with Crippen LogP contribution in [0.1, 0.15) is 347 Å². The van der Waals surface area contributed by atoms with Gasteiger partial charge in [-0.1, -0.05) is 307 Å². The highest BCUT2D eigenvalue weighted by molar-refractivity contribution is 7.29. The number of allylic oxidation sites excluding steroid dienone is 6. The lowest BCUT2D eigenvalue weighted by Crippen LogP contribution is -1.95. The van der Waals surface area contributed by atoms with Gasteiger partial charge in [0.15, 0.2) is 11.6 Å². The summed E-state index contributed by atoms with van der Waals surface area (Å²) in [5.41, 5.74) is 9.06. The van der Waals surface area contributed by atoms with Crippen LogP contribution in [0.3, 0.4) is 0 Å². The fraction of sp³-hybridized carbons (Fsp3) is 0.480. The number of thiophene rings is 6. The number of nitrogens with zero attached hydrogens (tertiary/aromatic N) is 4. The molecule has 3 aromatic carbocycles. The number of aryl methyl sites for hydroxylation is 4. The van der Waals surface area contributed by atoms with Crippen LogP contribution in [-0.2, 0) is 25.7 Å². The minimum Gasteiger partial charge on any atom is -0.289 e. The Balaban J connectivity index is 1.05. The molecular weight excluding hydrogens is 1480 g/mol. The summed E-state index contributed by atoms with van der Waals surface area (Å²) >= 11 is 11.3. The molecule has 0 N–H and O–H groups in total. The van der Waals surface area contributed by atoms with Crippen molar-refractivity contribution in [2.45, 2.75) is 310 Å². The number of carbonyl (C=O) groups is 2. The van der Waals surface area contributed by atoms with Crippen LogP contribution in [0.4, 0.5) is 0 Å². The molecule has 6 nitrogen and oxygen atoms in total. The van der Waals surface area contributed by atoms with Crippen molar-refractivity contribution in [3.63, 3.8) is 0 Å². The van der Waals surface area contributed by atoms with Gasteiger partial charge in [0.1, 0.15) is 0 Å². The summed E-state index contributed by atoms with van der Waals surface area (Å²) in [6.07, 6.45) is 59.0. The molecule has 0 unspecified atom stereocenters. The predicted molar refractivity (Wildman–Crippen MR) is 488 cm³/mol. The van der Waals surface area contributed by atoms with Gasteiger partial charge in [0.2, 0.25) is 0 Å². The molecule has 0 fully saturated rings. The molecule has 2 aliphatic rings. The Morgan fingerprint density at radius 2 is 0.643 bits per heavy atom. The number of rotatable bonds is 50. The minimum absolute atomic E-state index is 0.0619. The van der Waals surface area contributed by atoms with Crippen molar-refractivity contribution in [1.29, 1.82) is 10.5 Å². The summed E-state index contributed by atoms with van der Waals surface area (Å²) in [4.78, 5) is 48.9. The third kappa shape index (κ3) is 22.6. The van der Waals surface area contributed by atoms with Crippen molar-refractivity contribution in [3.05, 3.63) is 195 Å². The molecule has 586 valence electrons. The highest BCUT2D eigenvalue weighted by atomic mass is 32.1. The topological polar surface area (TPSA) is 90.4 Å². The van der Waals surface area contributed by atoms with E-state index < -0.39 is 0 Å². The van der Waals surface area contributed by atoms with E-state index in [0.29, 0.717) is 44.5 Å². The van der Waals surface area contributed by atoms with Crippen LogP contribution < -0.4 is 0 Å². The van der Waals surface area contributed by atoms with Crippen LogP contribution in [0.15, 0.2) is 120 Å². The molecule has 0 atom stereocenters. The number of ketones is 2. The van der Waals surface area contributed by atoms with Gasteiger partial charge < -0.3 is 0 Å². The number of fused-ring (bicyclic) bond motifs is 4. The van der Waals surface area contributed by atoms with Gasteiger partial charge in [-0.15, -0.1) is 68.0 Å². The summed E-state index contributed by atoms with van der Waals surface area (Å²) in [5, 5.41) is 23.4. The van der Waals surface area contributed by atoms with Gasteiger partial charge in [0, 0.05) is 113 Å². The molecule has 0 bridgehead atoms. The number of nitriles is 2. The van der Waals surface area contributed by atoms with Gasteiger partial charge in [0.05, 0.1) is 25.3 Å². The Labute approximate surface area is 695 Å². The van der Waals surface area contributed by atoms with Crippen LogP contribution in [-0.4, -0.2) is 11.6 Å². The smallest absolute Gasteiger partial charge is 0.270 e. The average Bonchev–Trinajstić information content (AvgIpc) is 1.56. The van der Waals surface area contributed by atoms with E-state index in [4.69, 9.17) is 13.1 Å². The molecule has 9 aromatic rings. The molecule has 112 heavy (non-hydrogen) atoms. The molecule has 6 aromatic heterocycles. The first-order chi connectivity index (χ1) is 55.1. The van der Waals surface area contributed by atoms with E-state index in [-0.39, 0.29) is 23.0 Å². The highest BCUT2D eigenvalue weighted by Crippen LogP contribution is 2.57. The summed E-state index contributed by atoms with van der Waals surface area (Å²) in [6, 6.07) is 38.6. The van der Waals surface area contributed by atoms with E-state index in [1.807, 2.05) is 106 Å². The molecule has 0 saturated carbocycles. The van der Waals surface area contributed by atoms with Crippen molar-refractivity contribution in [2.75, 3.05) is 0 Å². The lowest BCUT2D eigenvalue weighted by atomic mass is 9.98. The third-order valence-corrected chi connectivity index (χ3v) is 30.2. The van der Waals surface area contributed by atoms with Gasteiger partial charge in [-0.25, -0.2) is 20.2 Å². The largest absolute Gasteiger partial charge is 0.289 e. The van der Waals surface area contributed by atoms with Crippen molar-refractivity contribution in [1.82, 2.24) is 0 Å². The molecule has 6 heterocycles. The first kappa shape index (κ1) is 85.5. The van der Waals surface area contributed by atoms with Crippen molar-refractivity contribution >= 4 is 123 Å². The molecule has 12 heteroatoms. The SMILES string of the molecule is [C-]#[N+]/C(C#N)=C1\C(=Cc2cc(CCCCCCCCCCCC)c(-c3cc4c(-c5ccc(CCCCCCCCCCCC)s5)c5sc(-c6sc(C=C7C(=O)c8ccccc8/C7=C(/C#N)[N+]#[C-])cc6CCCCCCCCCCCC)cc5c(-c5ccc(CCCCCCCCCCCC)s5)c4s3)s2)C(=O)c2ccccc21. The van der Waals surface area contributed by atoms with E-state index in [2.05, 4.69) is 98.1 Å². The highest BCUT2D eigenvalue weighted by Gasteiger charge is 2.35. The van der Waals surface area contributed by atoms with E-state index in [0.717, 1.165) is 61.1 Å². The standard InChI is InChI=1S/C100H118N4O2S6/c1-7-11-15-19-23-27-31-35-39-43-51-71-63-75(65-81-91(85(69-101)103-5)77-55-47-49-57-79(77)95(81)105)109-97(71)89-67-83-93(87-61-59-73(107-87)53-45-41-37-33-29-25-21-17-13-9-3)100-84(94(99(83)111-89)88-62-60-74(108-88)54-46-42-38-34-30-26-22-18-14-10-4)68-90(112-100)98-72(52-44-40-36-32-28-24-20-16-12-8-2)64-76(110-98)66-82-92(86(70-102)104-6)78-56-48-50-58-80(78)96(82)106/h47-50,55-68H,7-46,51-54H2,1-4H3/b81-65?,82-66?,91-85-,92-86+. The van der Waals surface area contributed by atoms with E-state index in [1.165, 1.54) is 313 Å². The van der Waals surface area contributed by atoms with Gasteiger partial charge in [-0.2, -0.15) is 0 Å². The maximum absolute atomic E-state index is 14.6. The van der Waals surface area contributed by atoms with Crippen LogP contribution in [0.25, 0.3) is 93.6 Å².